The van der Waals surface area contributed by atoms with Crippen LogP contribution in [0.3, 0.4) is 0 Å². The number of imidazole rings is 1. The highest BCUT2D eigenvalue weighted by Crippen LogP contribution is 2.36. The zero-order valence-corrected chi connectivity index (χ0v) is 11.6. The maximum absolute atomic E-state index is 6.31. The van der Waals surface area contributed by atoms with Crippen LogP contribution in [0.25, 0.3) is 0 Å². The summed E-state index contributed by atoms with van der Waals surface area (Å²) in [6.07, 6.45) is 7.52. The fraction of sp³-hybridized carbons (Fsp3) is 0.769. The van der Waals surface area contributed by atoms with Crippen LogP contribution in [0, 0.1) is 0 Å². The molecule has 1 fully saturated rings. The Hall–Kier alpha value is -0.540. The molecule has 1 aromatic rings. The minimum atomic E-state index is 0.622. The lowest BCUT2D eigenvalue weighted by Crippen LogP contribution is -2.15. The summed E-state index contributed by atoms with van der Waals surface area (Å²) in [7, 11) is 4.07. The highest BCUT2D eigenvalue weighted by atomic mass is 35.5. The molecule has 1 aliphatic rings. The second kappa shape index (κ2) is 5.87. The van der Waals surface area contributed by atoms with E-state index < -0.39 is 0 Å². The third kappa shape index (κ3) is 2.83. The van der Waals surface area contributed by atoms with E-state index in [0.29, 0.717) is 5.92 Å². The molecule has 0 unspecified atom stereocenters. The van der Waals surface area contributed by atoms with Gasteiger partial charge >= 0.3 is 0 Å². The van der Waals surface area contributed by atoms with Gasteiger partial charge in [-0.25, -0.2) is 4.98 Å². The van der Waals surface area contributed by atoms with E-state index in [4.69, 9.17) is 11.6 Å². The van der Waals surface area contributed by atoms with Crippen molar-refractivity contribution in [1.29, 1.82) is 0 Å². The van der Waals surface area contributed by atoms with Gasteiger partial charge in [0.2, 0.25) is 0 Å². The second-order valence-corrected chi connectivity index (χ2v) is 5.31. The van der Waals surface area contributed by atoms with Crippen LogP contribution in [-0.4, -0.2) is 23.1 Å². The van der Waals surface area contributed by atoms with Crippen molar-refractivity contribution in [3.05, 3.63) is 16.7 Å². The van der Waals surface area contributed by atoms with Gasteiger partial charge in [-0.3, -0.25) is 0 Å². The van der Waals surface area contributed by atoms with E-state index in [1.54, 1.807) is 0 Å². The van der Waals surface area contributed by atoms with Crippen LogP contribution in [0.5, 0.6) is 0 Å². The number of likely N-dealkylation sites (N-methyl/N-ethyl adjacent to an activating group) is 1. The van der Waals surface area contributed by atoms with Crippen molar-refractivity contribution >= 4 is 11.6 Å². The fourth-order valence-corrected chi connectivity index (χ4v) is 3.18. The smallest absolute Gasteiger partial charge is 0.150 e. The predicted molar refractivity (Wildman–Crippen MR) is 71.7 cm³/mol. The van der Waals surface area contributed by atoms with E-state index in [0.717, 1.165) is 23.9 Å². The Morgan fingerprint density at radius 2 is 2.06 bits per heavy atom. The lowest BCUT2D eigenvalue weighted by Gasteiger charge is -2.22. The highest BCUT2D eigenvalue weighted by Gasteiger charge is 2.23. The van der Waals surface area contributed by atoms with Gasteiger partial charge < -0.3 is 9.88 Å². The van der Waals surface area contributed by atoms with Crippen molar-refractivity contribution < 1.29 is 0 Å². The van der Waals surface area contributed by atoms with Crippen LogP contribution in [0.15, 0.2) is 0 Å². The van der Waals surface area contributed by atoms with Gasteiger partial charge in [0.05, 0.1) is 5.69 Å². The van der Waals surface area contributed by atoms with E-state index in [-0.39, 0.29) is 0 Å². The molecule has 0 aliphatic heterocycles. The first kappa shape index (κ1) is 12.9. The van der Waals surface area contributed by atoms with Gasteiger partial charge in [-0.05, 0) is 19.9 Å². The van der Waals surface area contributed by atoms with Gasteiger partial charge in [0.15, 0.2) is 5.15 Å². The van der Waals surface area contributed by atoms with Crippen molar-refractivity contribution in [2.45, 2.75) is 44.4 Å². The van der Waals surface area contributed by atoms with E-state index in [2.05, 4.69) is 21.9 Å². The summed E-state index contributed by atoms with van der Waals surface area (Å²) in [5.74, 6) is 1.72. The maximum Gasteiger partial charge on any atom is 0.150 e. The van der Waals surface area contributed by atoms with Crippen LogP contribution in [0.1, 0.15) is 49.5 Å². The standard InChI is InChI=1S/C13H22ClN3/c1-15-9-8-11-16-13(14)12(17(11)2)10-6-4-3-5-7-10/h10,15H,3-9H2,1-2H3. The lowest BCUT2D eigenvalue weighted by molar-refractivity contribution is 0.428. The first-order chi connectivity index (χ1) is 8.24. The van der Waals surface area contributed by atoms with E-state index in [9.17, 15) is 0 Å². The first-order valence-corrected chi connectivity index (χ1v) is 6.97. The summed E-state index contributed by atoms with van der Waals surface area (Å²) in [4.78, 5) is 4.51. The average molecular weight is 256 g/mol. The molecular weight excluding hydrogens is 234 g/mol. The fourth-order valence-electron chi connectivity index (χ4n) is 2.80. The minimum Gasteiger partial charge on any atom is -0.333 e. The summed E-state index contributed by atoms with van der Waals surface area (Å²) in [5, 5.41) is 3.88. The van der Waals surface area contributed by atoms with Crippen molar-refractivity contribution in [2.24, 2.45) is 7.05 Å². The normalized spacial score (nSPS) is 17.6. The summed E-state index contributed by atoms with van der Waals surface area (Å²) in [6, 6.07) is 0. The quantitative estimate of drug-likeness (QED) is 0.897. The molecule has 0 amide bonds. The number of hydrogen-bond acceptors (Lipinski definition) is 2. The zero-order chi connectivity index (χ0) is 12.3. The Morgan fingerprint density at radius 1 is 1.35 bits per heavy atom. The van der Waals surface area contributed by atoms with Crippen LogP contribution in [0.2, 0.25) is 5.15 Å². The molecule has 0 spiro atoms. The summed E-state index contributed by atoms with van der Waals surface area (Å²) in [6.45, 7) is 0.950. The molecule has 1 heterocycles. The topological polar surface area (TPSA) is 29.9 Å². The van der Waals surface area contributed by atoms with E-state index in [1.165, 1.54) is 37.8 Å². The van der Waals surface area contributed by atoms with Crippen LogP contribution in [-0.2, 0) is 13.5 Å². The van der Waals surface area contributed by atoms with Crippen molar-refractivity contribution in [3.63, 3.8) is 0 Å². The molecule has 3 nitrogen and oxygen atoms in total. The number of hydrogen-bond donors (Lipinski definition) is 1. The number of nitrogens with one attached hydrogen (secondary N) is 1. The molecule has 4 heteroatoms. The third-order valence-corrected chi connectivity index (χ3v) is 4.06. The Balaban J connectivity index is 2.17. The molecule has 0 atom stereocenters. The Kier molecular flexibility index (Phi) is 4.46. The van der Waals surface area contributed by atoms with Crippen molar-refractivity contribution in [3.8, 4) is 0 Å². The lowest BCUT2D eigenvalue weighted by atomic mass is 9.87. The molecule has 1 N–H and O–H groups in total. The van der Waals surface area contributed by atoms with Gasteiger partial charge in [-0.15, -0.1) is 0 Å². The minimum absolute atomic E-state index is 0.622. The maximum atomic E-state index is 6.31. The zero-order valence-electron chi connectivity index (χ0n) is 10.8. The number of aromatic nitrogens is 2. The van der Waals surface area contributed by atoms with Gasteiger partial charge in [-0.2, -0.15) is 0 Å². The van der Waals surface area contributed by atoms with Gasteiger partial charge in [0.25, 0.3) is 0 Å². The average Bonchev–Trinajstić information content (AvgIpc) is 2.63. The monoisotopic (exact) mass is 255 g/mol. The largest absolute Gasteiger partial charge is 0.333 e. The predicted octanol–water partition coefficient (Wildman–Crippen LogP) is 2.88. The molecule has 1 aromatic heterocycles. The molecule has 1 aliphatic carbocycles. The summed E-state index contributed by atoms with van der Waals surface area (Å²) >= 11 is 6.31. The SMILES string of the molecule is CNCCc1nc(Cl)c(C2CCCCC2)n1C. The molecule has 1 saturated carbocycles. The van der Waals surface area contributed by atoms with Crippen LogP contribution < -0.4 is 5.32 Å². The van der Waals surface area contributed by atoms with Crippen molar-refractivity contribution in [2.75, 3.05) is 13.6 Å². The Morgan fingerprint density at radius 3 is 2.71 bits per heavy atom. The number of nitrogens with zero attached hydrogens (tertiary/aromatic N) is 2. The summed E-state index contributed by atoms with van der Waals surface area (Å²) < 4.78 is 2.22. The Bertz CT molecular complexity index is 367. The van der Waals surface area contributed by atoms with Gasteiger partial charge in [0.1, 0.15) is 5.82 Å². The Labute approximate surface area is 109 Å². The molecule has 0 saturated heterocycles. The molecule has 2 rings (SSSR count). The highest BCUT2D eigenvalue weighted by molar-refractivity contribution is 6.30. The molecular formula is C13H22ClN3. The van der Waals surface area contributed by atoms with E-state index >= 15 is 0 Å². The molecule has 0 bridgehead atoms. The van der Waals surface area contributed by atoms with Gasteiger partial charge in [0, 0.05) is 25.9 Å². The first-order valence-electron chi connectivity index (χ1n) is 6.59. The number of rotatable bonds is 4. The van der Waals surface area contributed by atoms with Crippen molar-refractivity contribution in [1.82, 2.24) is 14.9 Å². The summed E-state index contributed by atoms with van der Waals surface area (Å²) in [5.41, 5.74) is 1.26. The third-order valence-electron chi connectivity index (χ3n) is 3.78. The number of halogens is 1. The molecule has 96 valence electrons. The van der Waals surface area contributed by atoms with Crippen LogP contribution in [0.4, 0.5) is 0 Å². The van der Waals surface area contributed by atoms with E-state index in [1.807, 2.05) is 7.05 Å². The second-order valence-electron chi connectivity index (χ2n) is 4.95. The van der Waals surface area contributed by atoms with Gasteiger partial charge in [-0.1, -0.05) is 30.9 Å². The molecule has 0 aromatic carbocycles. The molecule has 0 radical (unpaired) electrons. The molecule has 17 heavy (non-hydrogen) atoms. The van der Waals surface area contributed by atoms with Crippen LogP contribution >= 0.6 is 11.6 Å².